The molecule has 6 heteroatoms. The Bertz CT molecular complexity index is 1050. The minimum absolute atomic E-state index is 0.746. The van der Waals surface area contributed by atoms with Gasteiger partial charge in [-0.25, -0.2) is 19.9 Å². The standard InChI is InChI=1S/C18H17N5S/c1-11-8-12(2)23-9-14(21-18(23)19-11)10-24-17-13(3)20-15-6-4-5-7-16(15)22-17/h4-9H,10H2,1-3H3. The number of benzene rings is 1. The lowest BCUT2D eigenvalue weighted by molar-refractivity contribution is 1.01. The molecule has 0 saturated heterocycles. The predicted molar refractivity (Wildman–Crippen MR) is 96.3 cm³/mol. The maximum Gasteiger partial charge on any atom is 0.234 e. The van der Waals surface area contributed by atoms with E-state index in [-0.39, 0.29) is 0 Å². The highest BCUT2D eigenvalue weighted by atomic mass is 32.2. The molecule has 0 aliphatic heterocycles. The molecule has 3 heterocycles. The molecular weight excluding hydrogens is 318 g/mol. The van der Waals surface area contributed by atoms with Crippen LogP contribution in [0.2, 0.25) is 0 Å². The van der Waals surface area contributed by atoms with Crippen molar-refractivity contribution in [2.75, 3.05) is 0 Å². The molecule has 24 heavy (non-hydrogen) atoms. The largest absolute Gasteiger partial charge is 0.288 e. The number of thioether (sulfide) groups is 1. The lowest BCUT2D eigenvalue weighted by Crippen LogP contribution is -1.94. The number of rotatable bonds is 3. The van der Waals surface area contributed by atoms with E-state index < -0.39 is 0 Å². The van der Waals surface area contributed by atoms with E-state index in [4.69, 9.17) is 4.98 Å². The third-order valence-corrected chi connectivity index (χ3v) is 4.97. The summed E-state index contributed by atoms with van der Waals surface area (Å²) in [6.45, 7) is 6.06. The van der Waals surface area contributed by atoms with Crippen molar-refractivity contribution in [3.63, 3.8) is 0 Å². The summed E-state index contributed by atoms with van der Waals surface area (Å²) in [5.41, 5.74) is 5.93. The average molecular weight is 335 g/mol. The minimum Gasteiger partial charge on any atom is -0.288 e. The van der Waals surface area contributed by atoms with Crippen molar-refractivity contribution in [3.8, 4) is 0 Å². The molecule has 0 fully saturated rings. The van der Waals surface area contributed by atoms with E-state index in [9.17, 15) is 0 Å². The molecule has 120 valence electrons. The van der Waals surface area contributed by atoms with Gasteiger partial charge in [-0.05, 0) is 39.0 Å². The minimum atomic E-state index is 0.746. The Labute approximate surface area is 144 Å². The summed E-state index contributed by atoms with van der Waals surface area (Å²) in [4.78, 5) is 18.5. The number of hydrogen-bond donors (Lipinski definition) is 0. The molecule has 0 spiro atoms. The first-order valence-corrected chi connectivity index (χ1v) is 8.77. The maximum absolute atomic E-state index is 4.73. The number of aryl methyl sites for hydroxylation is 3. The second-order valence-corrected chi connectivity index (χ2v) is 6.80. The molecule has 0 bridgehead atoms. The quantitative estimate of drug-likeness (QED) is 0.532. The van der Waals surface area contributed by atoms with Gasteiger partial charge in [0.05, 0.1) is 22.4 Å². The van der Waals surface area contributed by atoms with Gasteiger partial charge >= 0.3 is 0 Å². The van der Waals surface area contributed by atoms with E-state index in [0.717, 1.165) is 50.4 Å². The highest BCUT2D eigenvalue weighted by Gasteiger charge is 2.09. The van der Waals surface area contributed by atoms with Crippen molar-refractivity contribution in [1.82, 2.24) is 24.3 Å². The van der Waals surface area contributed by atoms with E-state index in [1.54, 1.807) is 11.8 Å². The molecule has 1 aromatic carbocycles. The van der Waals surface area contributed by atoms with Crippen molar-refractivity contribution in [2.24, 2.45) is 0 Å². The highest BCUT2D eigenvalue weighted by Crippen LogP contribution is 2.25. The Kier molecular flexibility index (Phi) is 3.69. The zero-order valence-corrected chi connectivity index (χ0v) is 14.6. The van der Waals surface area contributed by atoms with Gasteiger partial charge in [0.2, 0.25) is 5.78 Å². The Morgan fingerprint density at radius 1 is 0.958 bits per heavy atom. The van der Waals surface area contributed by atoms with Crippen LogP contribution in [0.25, 0.3) is 16.8 Å². The summed E-state index contributed by atoms with van der Waals surface area (Å²) in [6.07, 6.45) is 2.05. The van der Waals surface area contributed by atoms with E-state index in [2.05, 4.69) is 27.9 Å². The molecule has 4 aromatic rings. The van der Waals surface area contributed by atoms with Gasteiger partial charge in [-0.15, -0.1) is 0 Å². The Morgan fingerprint density at radius 2 is 1.71 bits per heavy atom. The molecule has 0 atom stereocenters. The summed E-state index contributed by atoms with van der Waals surface area (Å²) in [5, 5.41) is 0.951. The Balaban J connectivity index is 1.63. The summed E-state index contributed by atoms with van der Waals surface area (Å²) >= 11 is 1.66. The Hall–Kier alpha value is -2.47. The van der Waals surface area contributed by atoms with Crippen LogP contribution >= 0.6 is 11.8 Å². The third kappa shape index (κ3) is 2.73. The Morgan fingerprint density at radius 3 is 2.50 bits per heavy atom. The van der Waals surface area contributed by atoms with Crippen LogP contribution in [0, 0.1) is 20.8 Å². The van der Waals surface area contributed by atoms with Crippen molar-refractivity contribution >= 4 is 28.6 Å². The molecule has 0 N–H and O–H groups in total. The maximum atomic E-state index is 4.73. The summed E-state index contributed by atoms with van der Waals surface area (Å²) in [7, 11) is 0. The van der Waals surface area contributed by atoms with Gasteiger partial charge in [0.25, 0.3) is 0 Å². The molecule has 0 aliphatic rings. The molecule has 0 unspecified atom stereocenters. The lowest BCUT2D eigenvalue weighted by atomic mass is 10.3. The van der Waals surface area contributed by atoms with Crippen molar-refractivity contribution < 1.29 is 0 Å². The number of hydrogen-bond acceptors (Lipinski definition) is 5. The van der Waals surface area contributed by atoms with Gasteiger partial charge in [-0.3, -0.25) is 4.40 Å². The van der Waals surface area contributed by atoms with Crippen LogP contribution in [-0.4, -0.2) is 24.3 Å². The molecule has 5 nitrogen and oxygen atoms in total. The summed E-state index contributed by atoms with van der Waals surface area (Å²) in [5.74, 6) is 1.50. The number of imidazole rings is 1. The first kappa shape index (κ1) is 15.1. The second-order valence-electron chi connectivity index (χ2n) is 5.83. The van der Waals surface area contributed by atoms with Crippen molar-refractivity contribution in [2.45, 2.75) is 31.6 Å². The number of nitrogens with zero attached hydrogens (tertiary/aromatic N) is 5. The van der Waals surface area contributed by atoms with Crippen LogP contribution in [-0.2, 0) is 5.75 Å². The fraction of sp³-hybridized carbons (Fsp3) is 0.222. The molecule has 0 saturated carbocycles. The smallest absolute Gasteiger partial charge is 0.234 e. The van der Waals surface area contributed by atoms with Gasteiger partial charge in [-0.1, -0.05) is 23.9 Å². The monoisotopic (exact) mass is 335 g/mol. The molecule has 0 radical (unpaired) electrons. The van der Waals surface area contributed by atoms with Crippen LogP contribution in [0.5, 0.6) is 0 Å². The van der Waals surface area contributed by atoms with Crippen LogP contribution in [0.3, 0.4) is 0 Å². The van der Waals surface area contributed by atoms with E-state index in [1.165, 1.54) is 0 Å². The molecule has 0 aliphatic carbocycles. The molecule has 0 amide bonds. The van der Waals surface area contributed by atoms with Crippen LogP contribution in [0.15, 0.2) is 41.6 Å². The fourth-order valence-electron chi connectivity index (χ4n) is 2.74. The van der Waals surface area contributed by atoms with Gasteiger partial charge < -0.3 is 0 Å². The first-order valence-electron chi connectivity index (χ1n) is 7.78. The van der Waals surface area contributed by atoms with Gasteiger partial charge in [0.1, 0.15) is 5.03 Å². The number of fused-ring (bicyclic) bond motifs is 2. The summed E-state index contributed by atoms with van der Waals surface area (Å²) in [6, 6.07) is 10.0. The van der Waals surface area contributed by atoms with E-state index in [0.29, 0.717) is 0 Å². The topological polar surface area (TPSA) is 56.0 Å². The van der Waals surface area contributed by atoms with Crippen molar-refractivity contribution in [1.29, 1.82) is 0 Å². The predicted octanol–water partition coefficient (Wildman–Crippen LogP) is 3.89. The van der Waals surface area contributed by atoms with Gasteiger partial charge in [0, 0.05) is 23.3 Å². The van der Waals surface area contributed by atoms with Crippen LogP contribution in [0.4, 0.5) is 0 Å². The zero-order chi connectivity index (χ0) is 16.7. The molecule has 3 aromatic heterocycles. The third-order valence-electron chi connectivity index (χ3n) is 3.87. The second kappa shape index (κ2) is 5.87. The molecule has 4 rings (SSSR count). The van der Waals surface area contributed by atoms with Crippen LogP contribution < -0.4 is 0 Å². The van der Waals surface area contributed by atoms with E-state index >= 15 is 0 Å². The van der Waals surface area contributed by atoms with Crippen LogP contribution in [0.1, 0.15) is 22.8 Å². The zero-order valence-electron chi connectivity index (χ0n) is 13.8. The number of para-hydroxylation sites is 2. The van der Waals surface area contributed by atoms with Gasteiger partial charge in [0.15, 0.2) is 0 Å². The summed E-state index contributed by atoms with van der Waals surface area (Å²) < 4.78 is 2.03. The normalized spacial score (nSPS) is 11.5. The van der Waals surface area contributed by atoms with E-state index in [1.807, 2.05) is 48.7 Å². The fourth-order valence-corrected chi connectivity index (χ4v) is 3.58. The SMILES string of the molecule is Cc1cc(C)n2cc(CSc3nc4ccccc4nc3C)nc2n1. The van der Waals surface area contributed by atoms with Crippen molar-refractivity contribution in [3.05, 3.63) is 59.3 Å². The lowest BCUT2D eigenvalue weighted by Gasteiger charge is -2.05. The first-order chi connectivity index (χ1) is 11.6. The number of aromatic nitrogens is 5. The molecular formula is C18H17N5S. The van der Waals surface area contributed by atoms with Gasteiger partial charge in [-0.2, -0.15) is 0 Å². The average Bonchev–Trinajstić information content (AvgIpc) is 2.96. The highest BCUT2D eigenvalue weighted by molar-refractivity contribution is 7.98.